The van der Waals surface area contributed by atoms with Gasteiger partial charge < -0.3 is 15.4 Å². The Labute approximate surface area is 159 Å². The van der Waals surface area contributed by atoms with Crippen molar-refractivity contribution in [3.63, 3.8) is 0 Å². The topological polar surface area (TPSA) is 55.6 Å². The van der Waals surface area contributed by atoms with Gasteiger partial charge in [-0.1, -0.05) is 48.0 Å². The van der Waals surface area contributed by atoms with Crippen molar-refractivity contribution in [2.24, 2.45) is 5.73 Å². The molecule has 0 aliphatic carbocycles. The molecular weight excluding hydrogens is 343 g/mol. The Hall–Kier alpha value is -2.50. The Balaban J connectivity index is 1.60. The second kappa shape index (κ2) is 9.44. The highest BCUT2D eigenvalue weighted by atomic mass is 19.1. The van der Waals surface area contributed by atoms with E-state index in [9.17, 15) is 9.18 Å². The van der Waals surface area contributed by atoms with Crippen LogP contribution in [0.1, 0.15) is 18.4 Å². The molecule has 1 heterocycles. The molecule has 0 aromatic heterocycles. The molecule has 0 saturated carbocycles. The second-order valence-electron chi connectivity index (χ2n) is 6.76. The first-order chi connectivity index (χ1) is 13.1. The fourth-order valence-corrected chi connectivity index (χ4v) is 3.31. The summed E-state index contributed by atoms with van der Waals surface area (Å²) in [6.45, 7) is 3.27. The fourth-order valence-electron chi connectivity index (χ4n) is 3.31. The number of nitrogens with zero attached hydrogens (tertiary/aromatic N) is 1. The van der Waals surface area contributed by atoms with Gasteiger partial charge >= 0.3 is 0 Å². The second-order valence-corrected chi connectivity index (χ2v) is 6.76. The predicted molar refractivity (Wildman–Crippen MR) is 106 cm³/mol. The molecule has 0 bridgehead atoms. The molecule has 3 rings (SSSR count). The zero-order chi connectivity index (χ0) is 19.1. The van der Waals surface area contributed by atoms with Gasteiger partial charge in [-0.05, 0) is 41.7 Å². The average molecular weight is 368 g/mol. The SMILES string of the molecule is NC(=O)COCCN1CCC(=Cc2ccccc2-c2ccc(F)cc2)CC1. The van der Waals surface area contributed by atoms with Gasteiger partial charge in [0.25, 0.3) is 0 Å². The summed E-state index contributed by atoms with van der Waals surface area (Å²) in [7, 11) is 0. The number of likely N-dealkylation sites (tertiary alicyclic amines) is 1. The lowest BCUT2D eigenvalue weighted by molar-refractivity contribution is -0.122. The number of benzene rings is 2. The van der Waals surface area contributed by atoms with Crippen molar-refractivity contribution >= 4 is 12.0 Å². The maximum Gasteiger partial charge on any atom is 0.243 e. The summed E-state index contributed by atoms with van der Waals surface area (Å²) in [6.07, 6.45) is 4.28. The quantitative estimate of drug-likeness (QED) is 0.762. The summed E-state index contributed by atoms with van der Waals surface area (Å²) in [6, 6.07) is 14.9. The van der Waals surface area contributed by atoms with Crippen molar-refractivity contribution in [1.29, 1.82) is 0 Å². The first-order valence-corrected chi connectivity index (χ1v) is 9.24. The normalized spacial score (nSPS) is 14.9. The maximum atomic E-state index is 13.2. The van der Waals surface area contributed by atoms with E-state index in [1.54, 1.807) is 0 Å². The van der Waals surface area contributed by atoms with Crippen molar-refractivity contribution in [1.82, 2.24) is 4.90 Å². The number of amides is 1. The number of carbonyl (C=O) groups is 1. The highest BCUT2D eigenvalue weighted by Crippen LogP contribution is 2.28. The molecule has 1 aliphatic heterocycles. The number of hydrogen-bond acceptors (Lipinski definition) is 3. The van der Waals surface area contributed by atoms with E-state index in [1.807, 2.05) is 24.3 Å². The monoisotopic (exact) mass is 368 g/mol. The third-order valence-electron chi connectivity index (χ3n) is 4.77. The average Bonchev–Trinajstić information content (AvgIpc) is 2.68. The van der Waals surface area contributed by atoms with Crippen molar-refractivity contribution < 1.29 is 13.9 Å². The summed E-state index contributed by atoms with van der Waals surface area (Å²) >= 11 is 0. The number of carbonyl (C=O) groups excluding carboxylic acids is 1. The minimum Gasteiger partial charge on any atom is -0.370 e. The number of piperidine rings is 1. The molecule has 0 spiro atoms. The molecule has 1 aliphatic rings. The minimum atomic E-state index is -0.432. The van der Waals surface area contributed by atoms with E-state index in [0.29, 0.717) is 6.61 Å². The van der Waals surface area contributed by atoms with Crippen LogP contribution < -0.4 is 5.73 Å². The van der Waals surface area contributed by atoms with Crippen LogP contribution in [0.5, 0.6) is 0 Å². The third-order valence-corrected chi connectivity index (χ3v) is 4.77. The van der Waals surface area contributed by atoms with Crippen molar-refractivity contribution in [3.05, 3.63) is 65.5 Å². The lowest BCUT2D eigenvalue weighted by Crippen LogP contribution is -2.34. The highest BCUT2D eigenvalue weighted by Gasteiger charge is 2.14. The van der Waals surface area contributed by atoms with E-state index in [0.717, 1.165) is 49.2 Å². The van der Waals surface area contributed by atoms with Gasteiger partial charge in [0.2, 0.25) is 5.91 Å². The van der Waals surface area contributed by atoms with Crippen LogP contribution in [0.3, 0.4) is 0 Å². The van der Waals surface area contributed by atoms with Crippen LogP contribution in [-0.2, 0) is 9.53 Å². The van der Waals surface area contributed by atoms with Crippen LogP contribution in [0, 0.1) is 5.82 Å². The molecule has 2 aromatic carbocycles. The molecule has 1 fully saturated rings. The van der Waals surface area contributed by atoms with Crippen LogP contribution in [0.15, 0.2) is 54.1 Å². The molecule has 0 radical (unpaired) electrons. The minimum absolute atomic E-state index is 0.0147. The van der Waals surface area contributed by atoms with Crippen LogP contribution in [-0.4, -0.2) is 43.7 Å². The molecule has 2 N–H and O–H groups in total. The molecule has 2 aromatic rings. The molecule has 27 heavy (non-hydrogen) atoms. The van der Waals surface area contributed by atoms with Crippen molar-refractivity contribution in [2.45, 2.75) is 12.8 Å². The highest BCUT2D eigenvalue weighted by molar-refractivity contribution is 5.76. The summed E-state index contributed by atoms with van der Waals surface area (Å²) in [4.78, 5) is 13.0. The summed E-state index contributed by atoms with van der Waals surface area (Å²) in [5.41, 5.74) is 9.78. The van der Waals surface area contributed by atoms with Crippen LogP contribution in [0.4, 0.5) is 4.39 Å². The van der Waals surface area contributed by atoms with Crippen molar-refractivity contribution in [2.75, 3.05) is 32.8 Å². The number of rotatable bonds is 7. The molecular formula is C22H25FN2O2. The number of nitrogens with two attached hydrogens (primary N) is 1. The third kappa shape index (κ3) is 5.74. The number of hydrogen-bond donors (Lipinski definition) is 1. The smallest absolute Gasteiger partial charge is 0.243 e. The molecule has 0 atom stereocenters. The van der Waals surface area contributed by atoms with E-state index in [2.05, 4.69) is 23.1 Å². The number of halogens is 1. The van der Waals surface area contributed by atoms with Gasteiger partial charge in [0.15, 0.2) is 0 Å². The van der Waals surface area contributed by atoms with Gasteiger partial charge in [0.05, 0.1) is 6.61 Å². The zero-order valence-electron chi connectivity index (χ0n) is 15.4. The maximum absolute atomic E-state index is 13.2. The molecule has 4 nitrogen and oxygen atoms in total. The van der Waals surface area contributed by atoms with Gasteiger partial charge in [-0.15, -0.1) is 0 Å². The van der Waals surface area contributed by atoms with E-state index in [1.165, 1.54) is 17.7 Å². The molecule has 1 amide bonds. The first kappa shape index (κ1) is 19.3. The lowest BCUT2D eigenvalue weighted by atomic mass is 9.95. The van der Waals surface area contributed by atoms with Gasteiger partial charge in [-0.2, -0.15) is 0 Å². The molecule has 0 unspecified atom stereocenters. The standard InChI is InChI=1S/C22H25FN2O2/c23-20-7-5-18(6-8-20)21-4-2-1-3-19(21)15-17-9-11-25(12-10-17)13-14-27-16-22(24)26/h1-8,15H,9-14,16H2,(H2,24,26). The Bertz CT molecular complexity index is 792. The predicted octanol–water partition coefficient (Wildman–Crippen LogP) is 3.47. The lowest BCUT2D eigenvalue weighted by Gasteiger charge is -2.28. The van der Waals surface area contributed by atoms with Crippen LogP contribution >= 0.6 is 0 Å². The summed E-state index contributed by atoms with van der Waals surface area (Å²) in [5.74, 6) is -0.652. The van der Waals surface area contributed by atoms with Gasteiger partial charge in [0, 0.05) is 19.6 Å². The zero-order valence-corrected chi connectivity index (χ0v) is 15.4. The van der Waals surface area contributed by atoms with E-state index in [-0.39, 0.29) is 12.4 Å². The molecule has 142 valence electrons. The van der Waals surface area contributed by atoms with E-state index in [4.69, 9.17) is 10.5 Å². The number of ether oxygens (including phenoxy) is 1. The molecule has 1 saturated heterocycles. The first-order valence-electron chi connectivity index (χ1n) is 9.24. The van der Waals surface area contributed by atoms with Gasteiger partial charge in [-0.3, -0.25) is 4.79 Å². The Morgan fingerprint density at radius 1 is 1.11 bits per heavy atom. The summed E-state index contributed by atoms with van der Waals surface area (Å²) < 4.78 is 18.5. The van der Waals surface area contributed by atoms with Gasteiger partial charge in [0.1, 0.15) is 12.4 Å². The Morgan fingerprint density at radius 3 is 2.52 bits per heavy atom. The Morgan fingerprint density at radius 2 is 1.81 bits per heavy atom. The van der Waals surface area contributed by atoms with Crippen LogP contribution in [0.2, 0.25) is 0 Å². The van der Waals surface area contributed by atoms with E-state index < -0.39 is 5.91 Å². The largest absolute Gasteiger partial charge is 0.370 e. The Kier molecular flexibility index (Phi) is 6.74. The van der Waals surface area contributed by atoms with Crippen molar-refractivity contribution in [3.8, 4) is 11.1 Å². The molecule has 5 heteroatoms. The fraction of sp³-hybridized carbons (Fsp3) is 0.318. The summed E-state index contributed by atoms with van der Waals surface area (Å²) in [5, 5.41) is 0. The van der Waals surface area contributed by atoms with Crippen LogP contribution in [0.25, 0.3) is 17.2 Å². The number of primary amides is 1. The van der Waals surface area contributed by atoms with Gasteiger partial charge in [-0.25, -0.2) is 4.39 Å². The van der Waals surface area contributed by atoms with E-state index >= 15 is 0 Å².